The summed E-state index contributed by atoms with van der Waals surface area (Å²) in [5.74, 6) is -0.319. The molecule has 3 nitrogen and oxygen atoms in total. The molecule has 1 heterocycles. The van der Waals surface area contributed by atoms with Gasteiger partial charge in [-0.05, 0) is 31.0 Å². The second kappa shape index (κ2) is 5.00. The number of pyridine rings is 1. The van der Waals surface area contributed by atoms with Gasteiger partial charge in [0, 0.05) is 17.5 Å². The Bertz CT molecular complexity index is 574. The first-order chi connectivity index (χ1) is 8.56. The molecule has 2 rings (SSSR count). The number of carbonyl (C=O) groups excluding carboxylic acids is 1. The molecule has 2 aromatic rings. The van der Waals surface area contributed by atoms with Crippen LogP contribution in [-0.4, -0.2) is 10.9 Å². The van der Waals surface area contributed by atoms with Gasteiger partial charge in [-0.25, -0.2) is 0 Å². The first kappa shape index (κ1) is 12.3. The maximum Gasteiger partial charge on any atom is 0.221 e. The Labute approximate surface area is 107 Å². The molecule has 0 saturated carbocycles. The summed E-state index contributed by atoms with van der Waals surface area (Å²) in [7, 11) is 0. The van der Waals surface area contributed by atoms with Gasteiger partial charge in [-0.15, -0.1) is 0 Å². The molecule has 1 aromatic heterocycles. The SMILES string of the molecule is Cc1ccc(CC(N)=O)c(-c2ccc(C)nc2)c1. The van der Waals surface area contributed by atoms with Gasteiger partial charge in [-0.3, -0.25) is 9.78 Å². The van der Waals surface area contributed by atoms with Crippen LogP contribution in [0.25, 0.3) is 11.1 Å². The molecule has 1 aromatic carbocycles. The standard InChI is InChI=1S/C15H16N2O/c1-10-3-5-12(8-15(16)18)14(7-10)13-6-4-11(2)17-9-13/h3-7,9H,8H2,1-2H3,(H2,16,18). The molecule has 0 aliphatic rings. The monoisotopic (exact) mass is 240 g/mol. The van der Waals surface area contributed by atoms with Crippen molar-refractivity contribution < 1.29 is 4.79 Å². The smallest absolute Gasteiger partial charge is 0.221 e. The van der Waals surface area contributed by atoms with E-state index in [1.54, 1.807) is 0 Å². The molecular weight excluding hydrogens is 224 g/mol. The average molecular weight is 240 g/mol. The lowest BCUT2D eigenvalue weighted by Gasteiger charge is -2.09. The Balaban J connectivity index is 2.50. The molecule has 0 aliphatic heterocycles. The second-order valence-electron chi connectivity index (χ2n) is 4.49. The van der Waals surface area contributed by atoms with Crippen molar-refractivity contribution in [3.63, 3.8) is 0 Å². The van der Waals surface area contributed by atoms with Crippen LogP contribution >= 0.6 is 0 Å². The number of aromatic nitrogens is 1. The summed E-state index contributed by atoms with van der Waals surface area (Å²) in [5.41, 5.74) is 10.4. The van der Waals surface area contributed by atoms with Crippen LogP contribution in [0, 0.1) is 13.8 Å². The number of aryl methyl sites for hydroxylation is 2. The third-order valence-corrected chi connectivity index (χ3v) is 2.85. The second-order valence-corrected chi connectivity index (χ2v) is 4.49. The molecule has 0 fully saturated rings. The minimum Gasteiger partial charge on any atom is -0.369 e. The van der Waals surface area contributed by atoms with E-state index in [2.05, 4.69) is 11.1 Å². The average Bonchev–Trinajstić information content (AvgIpc) is 2.32. The molecule has 3 heteroatoms. The lowest BCUT2D eigenvalue weighted by Crippen LogP contribution is -2.14. The molecule has 0 unspecified atom stereocenters. The van der Waals surface area contributed by atoms with E-state index in [9.17, 15) is 4.79 Å². The van der Waals surface area contributed by atoms with Crippen LogP contribution in [0.2, 0.25) is 0 Å². The first-order valence-electron chi connectivity index (χ1n) is 5.87. The van der Waals surface area contributed by atoms with Gasteiger partial charge in [0.25, 0.3) is 0 Å². The van der Waals surface area contributed by atoms with E-state index >= 15 is 0 Å². The number of benzene rings is 1. The van der Waals surface area contributed by atoms with E-state index in [0.29, 0.717) is 0 Å². The molecule has 0 bridgehead atoms. The molecule has 0 atom stereocenters. The van der Waals surface area contributed by atoms with Crippen LogP contribution < -0.4 is 5.73 Å². The Morgan fingerprint density at radius 3 is 2.61 bits per heavy atom. The summed E-state index contributed by atoms with van der Waals surface area (Å²) < 4.78 is 0. The topological polar surface area (TPSA) is 56.0 Å². The summed E-state index contributed by atoms with van der Waals surface area (Å²) in [6.07, 6.45) is 2.08. The fourth-order valence-electron chi connectivity index (χ4n) is 1.93. The van der Waals surface area contributed by atoms with Crippen molar-refractivity contribution in [2.45, 2.75) is 20.3 Å². The van der Waals surface area contributed by atoms with Gasteiger partial charge in [0.2, 0.25) is 5.91 Å². The first-order valence-corrected chi connectivity index (χ1v) is 5.87. The highest BCUT2D eigenvalue weighted by Crippen LogP contribution is 2.25. The highest BCUT2D eigenvalue weighted by molar-refractivity contribution is 5.80. The fraction of sp³-hybridized carbons (Fsp3) is 0.200. The number of carbonyl (C=O) groups is 1. The van der Waals surface area contributed by atoms with Crippen LogP contribution in [0.3, 0.4) is 0 Å². The summed E-state index contributed by atoms with van der Waals surface area (Å²) in [4.78, 5) is 15.4. The number of hydrogen-bond acceptors (Lipinski definition) is 2. The van der Waals surface area contributed by atoms with Crippen LogP contribution in [0.5, 0.6) is 0 Å². The Hall–Kier alpha value is -2.16. The zero-order valence-corrected chi connectivity index (χ0v) is 10.6. The number of rotatable bonds is 3. The Morgan fingerprint density at radius 2 is 2.00 bits per heavy atom. The minimum atomic E-state index is -0.319. The van der Waals surface area contributed by atoms with Gasteiger partial charge in [0.15, 0.2) is 0 Å². The van der Waals surface area contributed by atoms with Crippen LogP contribution in [0.4, 0.5) is 0 Å². The van der Waals surface area contributed by atoms with Crippen LogP contribution in [0.1, 0.15) is 16.8 Å². The summed E-state index contributed by atoms with van der Waals surface area (Å²) >= 11 is 0. The van der Waals surface area contributed by atoms with Crippen molar-refractivity contribution in [2.75, 3.05) is 0 Å². The van der Waals surface area contributed by atoms with Crippen molar-refractivity contribution in [2.24, 2.45) is 5.73 Å². The van der Waals surface area contributed by atoms with E-state index in [1.165, 1.54) is 0 Å². The van der Waals surface area contributed by atoms with Gasteiger partial charge >= 0.3 is 0 Å². The maximum atomic E-state index is 11.1. The molecule has 2 N–H and O–H groups in total. The molecular formula is C15H16N2O. The van der Waals surface area contributed by atoms with Crippen molar-refractivity contribution in [3.8, 4) is 11.1 Å². The molecule has 0 aliphatic carbocycles. The number of amides is 1. The third-order valence-electron chi connectivity index (χ3n) is 2.85. The highest BCUT2D eigenvalue weighted by Gasteiger charge is 2.08. The summed E-state index contributed by atoms with van der Waals surface area (Å²) in [6.45, 7) is 3.98. The zero-order valence-electron chi connectivity index (χ0n) is 10.6. The van der Waals surface area contributed by atoms with Crippen LogP contribution in [-0.2, 0) is 11.2 Å². The predicted octanol–water partition coefficient (Wildman–Crippen LogP) is 2.39. The molecule has 0 spiro atoms. The van der Waals surface area contributed by atoms with Crippen molar-refractivity contribution in [3.05, 3.63) is 53.3 Å². The summed E-state index contributed by atoms with van der Waals surface area (Å²) in [6, 6.07) is 9.98. The number of primary amides is 1. The quantitative estimate of drug-likeness (QED) is 0.895. The van der Waals surface area contributed by atoms with Crippen LogP contribution in [0.15, 0.2) is 36.5 Å². The van der Waals surface area contributed by atoms with E-state index in [1.807, 2.05) is 44.3 Å². The molecule has 0 radical (unpaired) electrons. The van der Waals surface area contributed by atoms with Crippen molar-refractivity contribution in [1.82, 2.24) is 4.98 Å². The van der Waals surface area contributed by atoms with Crippen molar-refractivity contribution in [1.29, 1.82) is 0 Å². The fourth-order valence-corrected chi connectivity index (χ4v) is 1.93. The van der Waals surface area contributed by atoms with Gasteiger partial charge in [-0.1, -0.05) is 29.8 Å². The predicted molar refractivity (Wildman–Crippen MR) is 72.0 cm³/mol. The highest BCUT2D eigenvalue weighted by atomic mass is 16.1. The Morgan fingerprint density at radius 1 is 1.22 bits per heavy atom. The zero-order chi connectivity index (χ0) is 13.1. The van der Waals surface area contributed by atoms with E-state index in [-0.39, 0.29) is 12.3 Å². The van der Waals surface area contributed by atoms with E-state index in [4.69, 9.17) is 5.73 Å². The molecule has 92 valence electrons. The number of nitrogens with two attached hydrogens (primary N) is 1. The number of hydrogen-bond donors (Lipinski definition) is 1. The van der Waals surface area contributed by atoms with Gasteiger partial charge in [0.1, 0.15) is 0 Å². The molecule has 1 amide bonds. The lowest BCUT2D eigenvalue weighted by molar-refractivity contribution is -0.117. The van der Waals surface area contributed by atoms with E-state index in [0.717, 1.165) is 27.9 Å². The van der Waals surface area contributed by atoms with Gasteiger partial charge < -0.3 is 5.73 Å². The summed E-state index contributed by atoms with van der Waals surface area (Å²) in [5, 5.41) is 0. The largest absolute Gasteiger partial charge is 0.369 e. The third kappa shape index (κ3) is 2.74. The normalized spacial score (nSPS) is 10.3. The van der Waals surface area contributed by atoms with Crippen molar-refractivity contribution >= 4 is 5.91 Å². The minimum absolute atomic E-state index is 0.253. The Kier molecular flexibility index (Phi) is 3.42. The number of nitrogens with zero attached hydrogens (tertiary/aromatic N) is 1. The van der Waals surface area contributed by atoms with Gasteiger partial charge in [0.05, 0.1) is 6.42 Å². The molecule has 18 heavy (non-hydrogen) atoms. The van der Waals surface area contributed by atoms with E-state index < -0.39 is 0 Å². The van der Waals surface area contributed by atoms with Gasteiger partial charge in [-0.2, -0.15) is 0 Å². The lowest BCUT2D eigenvalue weighted by atomic mass is 9.96. The maximum absolute atomic E-state index is 11.1. The molecule has 0 saturated heterocycles.